The Hall–Kier alpha value is -1.93. The minimum Gasteiger partial charge on any atom is -0.345 e. The van der Waals surface area contributed by atoms with Gasteiger partial charge in [0.2, 0.25) is 15.9 Å². The maximum atomic E-state index is 13.1. The summed E-state index contributed by atoms with van der Waals surface area (Å²) in [6.45, 7) is 1.47. The quantitative estimate of drug-likeness (QED) is 0.787. The summed E-state index contributed by atoms with van der Waals surface area (Å²) in [5.74, 6) is -0.117. The second kappa shape index (κ2) is 7.36. The van der Waals surface area contributed by atoms with E-state index in [1.54, 1.807) is 26.2 Å². The molecule has 0 spiro atoms. The van der Waals surface area contributed by atoms with Crippen molar-refractivity contribution in [2.24, 2.45) is 0 Å². The van der Waals surface area contributed by atoms with Crippen molar-refractivity contribution >= 4 is 21.8 Å². The number of benzene rings is 1. The molecule has 3 rings (SSSR count). The molecular weight excluding hydrogens is 354 g/mol. The largest absolute Gasteiger partial charge is 0.345 e. The molecule has 2 saturated heterocycles. The van der Waals surface area contributed by atoms with Crippen molar-refractivity contribution in [1.29, 1.82) is 0 Å². The molecule has 26 heavy (non-hydrogen) atoms. The lowest BCUT2D eigenvalue weighted by atomic mass is 10.1. The first-order chi connectivity index (χ1) is 12.3. The van der Waals surface area contributed by atoms with Gasteiger partial charge in [-0.25, -0.2) is 8.42 Å². The average Bonchev–Trinajstić information content (AvgIpc) is 3.07. The first-order valence-corrected chi connectivity index (χ1v) is 10.4. The first-order valence-electron chi connectivity index (χ1n) is 8.92. The third kappa shape index (κ3) is 3.61. The second-order valence-corrected chi connectivity index (χ2v) is 9.02. The highest BCUT2D eigenvalue weighted by atomic mass is 32.2. The summed E-state index contributed by atoms with van der Waals surface area (Å²) < 4.78 is 27.6. The molecule has 0 unspecified atom stereocenters. The number of amides is 2. The predicted molar refractivity (Wildman–Crippen MR) is 97.2 cm³/mol. The maximum Gasteiger partial charge on any atom is 0.253 e. The van der Waals surface area contributed by atoms with Crippen LogP contribution in [-0.4, -0.2) is 74.1 Å². The van der Waals surface area contributed by atoms with Crippen LogP contribution in [0.1, 0.15) is 36.0 Å². The molecule has 142 valence electrons. The zero-order valence-electron chi connectivity index (χ0n) is 15.2. The SMILES string of the molecule is CN(C)C(=O)c1cccc(S(=O)(=O)N2CCC[C@H](N3CCCC3=O)C2)c1. The minimum absolute atomic E-state index is 0.0554. The van der Waals surface area contributed by atoms with Gasteiger partial charge in [-0.3, -0.25) is 9.59 Å². The summed E-state index contributed by atoms with van der Waals surface area (Å²) >= 11 is 0. The van der Waals surface area contributed by atoms with E-state index in [9.17, 15) is 18.0 Å². The molecule has 1 aromatic carbocycles. The Kier molecular flexibility index (Phi) is 5.34. The molecule has 2 aliphatic heterocycles. The number of sulfonamides is 1. The Labute approximate surface area is 154 Å². The molecule has 1 aromatic rings. The second-order valence-electron chi connectivity index (χ2n) is 7.08. The highest BCUT2D eigenvalue weighted by Crippen LogP contribution is 2.26. The van der Waals surface area contributed by atoms with Gasteiger partial charge < -0.3 is 9.80 Å². The van der Waals surface area contributed by atoms with Crippen LogP contribution in [0.4, 0.5) is 0 Å². The van der Waals surface area contributed by atoms with Crippen LogP contribution in [0.3, 0.4) is 0 Å². The van der Waals surface area contributed by atoms with E-state index in [2.05, 4.69) is 0 Å². The van der Waals surface area contributed by atoms with Crippen LogP contribution in [0.2, 0.25) is 0 Å². The van der Waals surface area contributed by atoms with Crippen LogP contribution in [0, 0.1) is 0 Å². The third-order valence-corrected chi connectivity index (χ3v) is 6.90. The highest BCUT2D eigenvalue weighted by molar-refractivity contribution is 7.89. The number of piperidine rings is 1. The van der Waals surface area contributed by atoms with Gasteiger partial charge in [0, 0.05) is 51.8 Å². The van der Waals surface area contributed by atoms with E-state index in [1.807, 2.05) is 4.90 Å². The summed E-state index contributed by atoms with van der Waals surface area (Å²) in [7, 11) is -0.438. The Morgan fingerprint density at radius 3 is 2.62 bits per heavy atom. The zero-order chi connectivity index (χ0) is 18.9. The fraction of sp³-hybridized carbons (Fsp3) is 0.556. The van der Waals surface area contributed by atoms with Gasteiger partial charge in [0.15, 0.2) is 0 Å². The fourth-order valence-corrected chi connectivity index (χ4v) is 5.21. The number of rotatable bonds is 4. The summed E-state index contributed by atoms with van der Waals surface area (Å²) in [6, 6.07) is 6.10. The molecule has 2 aliphatic rings. The van der Waals surface area contributed by atoms with Gasteiger partial charge in [0.25, 0.3) is 5.91 Å². The third-order valence-electron chi connectivity index (χ3n) is 5.03. The molecule has 0 saturated carbocycles. The van der Waals surface area contributed by atoms with E-state index >= 15 is 0 Å². The van der Waals surface area contributed by atoms with E-state index in [0.717, 1.165) is 19.3 Å². The number of nitrogens with zero attached hydrogens (tertiary/aromatic N) is 3. The number of carbonyl (C=O) groups excluding carboxylic acids is 2. The van der Waals surface area contributed by atoms with Gasteiger partial charge >= 0.3 is 0 Å². The molecule has 0 aliphatic carbocycles. The Bertz CT molecular complexity index is 806. The summed E-state index contributed by atoms with van der Waals surface area (Å²) in [5, 5.41) is 0. The molecule has 0 aromatic heterocycles. The molecule has 1 atom stereocenters. The van der Waals surface area contributed by atoms with Gasteiger partial charge in [0.05, 0.1) is 4.90 Å². The monoisotopic (exact) mass is 379 g/mol. The summed E-state index contributed by atoms with van der Waals surface area (Å²) in [5.41, 5.74) is 0.347. The fourth-order valence-electron chi connectivity index (χ4n) is 3.65. The van der Waals surface area contributed by atoms with Gasteiger partial charge in [-0.15, -0.1) is 0 Å². The van der Waals surface area contributed by atoms with E-state index in [4.69, 9.17) is 0 Å². The lowest BCUT2D eigenvalue weighted by Gasteiger charge is -2.36. The molecule has 0 radical (unpaired) electrons. The summed E-state index contributed by atoms with van der Waals surface area (Å²) in [4.78, 5) is 27.5. The highest BCUT2D eigenvalue weighted by Gasteiger charge is 2.36. The van der Waals surface area contributed by atoms with E-state index in [0.29, 0.717) is 31.6 Å². The van der Waals surface area contributed by atoms with Gasteiger partial charge in [0.1, 0.15) is 0 Å². The Morgan fingerprint density at radius 2 is 1.96 bits per heavy atom. The van der Waals surface area contributed by atoms with Crippen LogP contribution in [0.25, 0.3) is 0 Å². The van der Waals surface area contributed by atoms with E-state index in [-0.39, 0.29) is 22.8 Å². The van der Waals surface area contributed by atoms with Crippen LogP contribution >= 0.6 is 0 Å². The van der Waals surface area contributed by atoms with Crippen LogP contribution in [0.15, 0.2) is 29.2 Å². The van der Waals surface area contributed by atoms with Crippen molar-refractivity contribution in [3.63, 3.8) is 0 Å². The van der Waals surface area contributed by atoms with Crippen molar-refractivity contribution < 1.29 is 18.0 Å². The number of likely N-dealkylation sites (tertiary alicyclic amines) is 1. The van der Waals surface area contributed by atoms with Crippen molar-refractivity contribution in [3.05, 3.63) is 29.8 Å². The number of carbonyl (C=O) groups is 2. The molecule has 2 fully saturated rings. The number of hydrogen-bond donors (Lipinski definition) is 0. The Balaban J connectivity index is 1.82. The standard InChI is InChI=1S/C18H25N3O4S/c1-19(2)18(23)14-6-3-8-16(12-14)26(24,25)20-10-4-7-15(13-20)21-11-5-9-17(21)22/h3,6,8,12,15H,4-5,7,9-11,13H2,1-2H3/t15-/m0/s1. The van der Waals surface area contributed by atoms with Gasteiger partial charge in [-0.1, -0.05) is 6.07 Å². The molecule has 8 heteroatoms. The average molecular weight is 379 g/mol. The molecule has 2 amide bonds. The topological polar surface area (TPSA) is 78.0 Å². The van der Waals surface area contributed by atoms with Crippen molar-refractivity contribution in [2.75, 3.05) is 33.7 Å². The number of hydrogen-bond acceptors (Lipinski definition) is 4. The van der Waals surface area contributed by atoms with Crippen molar-refractivity contribution in [3.8, 4) is 0 Å². The molecular formula is C18H25N3O4S. The molecule has 0 N–H and O–H groups in total. The maximum absolute atomic E-state index is 13.1. The van der Waals surface area contributed by atoms with Gasteiger partial charge in [-0.05, 0) is 37.5 Å². The normalized spacial score (nSPS) is 21.8. The van der Waals surface area contributed by atoms with E-state index < -0.39 is 10.0 Å². The molecule has 0 bridgehead atoms. The smallest absolute Gasteiger partial charge is 0.253 e. The first kappa shape index (κ1) is 18.8. The van der Waals surface area contributed by atoms with Gasteiger partial charge in [-0.2, -0.15) is 4.31 Å². The molecule has 7 nitrogen and oxygen atoms in total. The Morgan fingerprint density at radius 1 is 1.19 bits per heavy atom. The van der Waals surface area contributed by atoms with Crippen LogP contribution in [0.5, 0.6) is 0 Å². The summed E-state index contributed by atoms with van der Waals surface area (Å²) in [6.07, 6.45) is 2.95. The van der Waals surface area contributed by atoms with Crippen molar-refractivity contribution in [1.82, 2.24) is 14.1 Å². The zero-order valence-corrected chi connectivity index (χ0v) is 16.0. The lowest BCUT2D eigenvalue weighted by molar-refractivity contribution is -0.130. The van der Waals surface area contributed by atoms with Crippen molar-refractivity contribution in [2.45, 2.75) is 36.6 Å². The lowest BCUT2D eigenvalue weighted by Crippen LogP contribution is -2.50. The predicted octanol–water partition coefficient (Wildman–Crippen LogP) is 1.16. The van der Waals surface area contributed by atoms with Crippen LogP contribution < -0.4 is 0 Å². The minimum atomic E-state index is -3.70. The molecule has 2 heterocycles. The van der Waals surface area contributed by atoms with E-state index in [1.165, 1.54) is 21.3 Å². The van der Waals surface area contributed by atoms with Crippen LogP contribution in [-0.2, 0) is 14.8 Å².